The molecule has 2 amide bonds. The summed E-state index contributed by atoms with van der Waals surface area (Å²) < 4.78 is 0. The van der Waals surface area contributed by atoms with Crippen molar-refractivity contribution in [2.45, 2.75) is 58.3 Å². The minimum Gasteiger partial charge on any atom is -0.481 e. The van der Waals surface area contributed by atoms with Gasteiger partial charge in [-0.05, 0) is 37.5 Å². The number of hydrogen-bond donors (Lipinski definition) is 3. The zero-order chi connectivity index (χ0) is 14.8. The van der Waals surface area contributed by atoms with Gasteiger partial charge in [0.2, 0.25) is 0 Å². The summed E-state index contributed by atoms with van der Waals surface area (Å²) in [5.74, 6) is 0.324. The number of amides is 2. The van der Waals surface area contributed by atoms with Crippen molar-refractivity contribution in [1.29, 1.82) is 0 Å². The molecule has 3 N–H and O–H groups in total. The minimum absolute atomic E-state index is 0.0922. The summed E-state index contributed by atoms with van der Waals surface area (Å²) in [5, 5.41) is 14.5. The number of carbonyl (C=O) groups excluding carboxylic acids is 1. The van der Waals surface area contributed by atoms with Crippen LogP contribution in [0.25, 0.3) is 0 Å². The first kappa shape index (κ1) is 16.8. The van der Waals surface area contributed by atoms with E-state index in [9.17, 15) is 9.59 Å². The molecular weight excluding hydrogens is 256 g/mol. The van der Waals surface area contributed by atoms with Gasteiger partial charge in [-0.15, -0.1) is 0 Å². The normalized spacial score (nSPS) is 16.2. The number of rotatable bonds is 10. The fourth-order valence-corrected chi connectivity index (χ4v) is 2.56. The van der Waals surface area contributed by atoms with Gasteiger partial charge in [0, 0.05) is 19.5 Å². The van der Waals surface area contributed by atoms with Crippen LogP contribution < -0.4 is 10.6 Å². The summed E-state index contributed by atoms with van der Waals surface area (Å²) in [6.45, 7) is 3.51. The topological polar surface area (TPSA) is 78.4 Å². The van der Waals surface area contributed by atoms with Crippen molar-refractivity contribution in [1.82, 2.24) is 10.6 Å². The molecule has 0 spiro atoms. The molecule has 1 rings (SSSR count). The molecule has 1 unspecified atom stereocenters. The Morgan fingerprint density at radius 1 is 1.20 bits per heavy atom. The van der Waals surface area contributed by atoms with E-state index in [1.165, 1.54) is 19.3 Å². The van der Waals surface area contributed by atoms with Crippen LogP contribution >= 0.6 is 0 Å². The van der Waals surface area contributed by atoms with Crippen molar-refractivity contribution >= 4 is 12.0 Å². The highest BCUT2D eigenvalue weighted by molar-refractivity contribution is 5.73. The summed E-state index contributed by atoms with van der Waals surface area (Å²) in [6, 6.07) is -0.0922. The van der Waals surface area contributed by atoms with E-state index in [1.807, 2.05) is 0 Å². The van der Waals surface area contributed by atoms with Gasteiger partial charge in [0.1, 0.15) is 0 Å². The van der Waals surface area contributed by atoms with E-state index in [0.29, 0.717) is 24.8 Å². The van der Waals surface area contributed by atoms with Crippen LogP contribution in [0.2, 0.25) is 0 Å². The van der Waals surface area contributed by atoms with Crippen LogP contribution in [0.3, 0.4) is 0 Å². The maximum atomic E-state index is 11.6. The predicted molar refractivity (Wildman–Crippen MR) is 78.6 cm³/mol. The van der Waals surface area contributed by atoms with Gasteiger partial charge in [0.05, 0.1) is 0 Å². The highest BCUT2D eigenvalue weighted by Gasteiger charge is 2.17. The zero-order valence-electron chi connectivity index (χ0n) is 12.5. The SMILES string of the molecule is CCCC(CCNC(=O)NCC1CCC1)CCC(=O)O. The van der Waals surface area contributed by atoms with Crippen molar-refractivity contribution in [3.8, 4) is 0 Å². The van der Waals surface area contributed by atoms with E-state index >= 15 is 0 Å². The number of carboxylic acids is 1. The fraction of sp³-hybridized carbons (Fsp3) is 0.867. The summed E-state index contributed by atoms with van der Waals surface area (Å²) in [5.41, 5.74) is 0. The van der Waals surface area contributed by atoms with E-state index in [1.54, 1.807) is 0 Å². The van der Waals surface area contributed by atoms with Crippen LogP contribution in [0.1, 0.15) is 58.3 Å². The standard InChI is InChI=1S/C15H28N2O3/c1-2-4-12(7-8-14(18)19)9-10-16-15(20)17-11-13-5-3-6-13/h12-13H,2-11H2,1H3,(H,18,19)(H2,16,17,20). The molecule has 0 aromatic rings. The van der Waals surface area contributed by atoms with Gasteiger partial charge in [0.25, 0.3) is 0 Å². The van der Waals surface area contributed by atoms with E-state index in [-0.39, 0.29) is 12.5 Å². The molecule has 0 aromatic carbocycles. The molecular formula is C15H28N2O3. The molecule has 1 aliphatic carbocycles. The molecule has 0 radical (unpaired) electrons. The van der Waals surface area contributed by atoms with Crippen molar-refractivity contribution in [2.24, 2.45) is 11.8 Å². The van der Waals surface area contributed by atoms with Gasteiger partial charge in [-0.2, -0.15) is 0 Å². The third-order valence-corrected chi connectivity index (χ3v) is 4.08. The van der Waals surface area contributed by atoms with Crippen molar-refractivity contribution < 1.29 is 14.7 Å². The van der Waals surface area contributed by atoms with E-state index in [0.717, 1.165) is 25.8 Å². The molecule has 1 atom stereocenters. The van der Waals surface area contributed by atoms with Gasteiger partial charge in [-0.25, -0.2) is 4.79 Å². The number of aliphatic carboxylic acids is 1. The Hall–Kier alpha value is -1.26. The molecule has 116 valence electrons. The molecule has 0 bridgehead atoms. The third kappa shape index (κ3) is 7.36. The first-order valence-corrected chi connectivity index (χ1v) is 7.85. The molecule has 5 heteroatoms. The highest BCUT2D eigenvalue weighted by atomic mass is 16.4. The average Bonchev–Trinajstić information content (AvgIpc) is 2.34. The zero-order valence-corrected chi connectivity index (χ0v) is 12.5. The molecule has 1 fully saturated rings. The Kier molecular flexibility index (Phi) is 8.07. The Morgan fingerprint density at radius 3 is 2.50 bits per heavy atom. The Labute approximate surface area is 121 Å². The lowest BCUT2D eigenvalue weighted by atomic mass is 9.85. The number of hydrogen-bond acceptors (Lipinski definition) is 2. The van der Waals surface area contributed by atoms with Crippen LogP contribution in [0.4, 0.5) is 4.79 Å². The molecule has 0 heterocycles. The number of carbonyl (C=O) groups is 2. The maximum Gasteiger partial charge on any atom is 0.314 e. The molecule has 1 aliphatic rings. The molecule has 0 saturated heterocycles. The van der Waals surface area contributed by atoms with Crippen LogP contribution in [0, 0.1) is 11.8 Å². The van der Waals surface area contributed by atoms with Gasteiger partial charge < -0.3 is 15.7 Å². The molecule has 0 aromatic heterocycles. The monoisotopic (exact) mass is 284 g/mol. The first-order chi connectivity index (χ1) is 9.61. The lowest BCUT2D eigenvalue weighted by molar-refractivity contribution is -0.137. The van der Waals surface area contributed by atoms with Crippen LogP contribution in [-0.2, 0) is 4.79 Å². The summed E-state index contributed by atoms with van der Waals surface area (Å²) in [7, 11) is 0. The minimum atomic E-state index is -0.739. The third-order valence-electron chi connectivity index (χ3n) is 4.08. The second-order valence-electron chi connectivity index (χ2n) is 5.81. The van der Waals surface area contributed by atoms with Gasteiger partial charge in [0.15, 0.2) is 0 Å². The average molecular weight is 284 g/mol. The highest BCUT2D eigenvalue weighted by Crippen LogP contribution is 2.25. The Bertz CT molecular complexity index is 303. The van der Waals surface area contributed by atoms with Gasteiger partial charge in [-0.3, -0.25) is 4.79 Å². The van der Waals surface area contributed by atoms with E-state index in [4.69, 9.17) is 5.11 Å². The number of carboxylic acid groups (broad SMARTS) is 1. The quantitative estimate of drug-likeness (QED) is 0.577. The first-order valence-electron chi connectivity index (χ1n) is 7.85. The van der Waals surface area contributed by atoms with Gasteiger partial charge >= 0.3 is 12.0 Å². The lowest BCUT2D eigenvalue weighted by Crippen LogP contribution is -2.40. The Morgan fingerprint density at radius 2 is 1.95 bits per heavy atom. The molecule has 5 nitrogen and oxygen atoms in total. The number of nitrogens with one attached hydrogen (secondary N) is 2. The lowest BCUT2D eigenvalue weighted by Gasteiger charge is -2.25. The van der Waals surface area contributed by atoms with Gasteiger partial charge in [-0.1, -0.05) is 26.2 Å². The molecule has 1 saturated carbocycles. The second-order valence-corrected chi connectivity index (χ2v) is 5.81. The second kappa shape index (κ2) is 9.61. The Balaban J connectivity index is 2.08. The maximum absolute atomic E-state index is 11.6. The largest absolute Gasteiger partial charge is 0.481 e. The van der Waals surface area contributed by atoms with Crippen molar-refractivity contribution in [3.63, 3.8) is 0 Å². The smallest absolute Gasteiger partial charge is 0.314 e. The van der Waals surface area contributed by atoms with Crippen molar-refractivity contribution in [2.75, 3.05) is 13.1 Å². The summed E-state index contributed by atoms with van der Waals surface area (Å²) >= 11 is 0. The fourth-order valence-electron chi connectivity index (χ4n) is 2.56. The van der Waals surface area contributed by atoms with Crippen LogP contribution in [0.15, 0.2) is 0 Å². The van der Waals surface area contributed by atoms with E-state index in [2.05, 4.69) is 17.6 Å². The van der Waals surface area contributed by atoms with Crippen LogP contribution in [0.5, 0.6) is 0 Å². The summed E-state index contributed by atoms with van der Waals surface area (Å²) in [6.07, 6.45) is 7.61. The van der Waals surface area contributed by atoms with Crippen molar-refractivity contribution in [3.05, 3.63) is 0 Å². The van der Waals surface area contributed by atoms with E-state index < -0.39 is 5.97 Å². The summed E-state index contributed by atoms with van der Waals surface area (Å²) in [4.78, 5) is 22.2. The molecule has 0 aliphatic heterocycles. The molecule has 20 heavy (non-hydrogen) atoms. The van der Waals surface area contributed by atoms with Crippen LogP contribution in [-0.4, -0.2) is 30.2 Å². The predicted octanol–water partition coefficient (Wildman–Crippen LogP) is 2.76. The number of urea groups is 1.